The molecule has 4 rings (SSSR count). The number of amides is 1. The maximum absolute atomic E-state index is 12.5. The zero-order chi connectivity index (χ0) is 17.9. The lowest BCUT2D eigenvalue weighted by atomic mass is 10.2. The van der Waals surface area contributed by atoms with Gasteiger partial charge in [0.2, 0.25) is 5.91 Å². The van der Waals surface area contributed by atoms with Gasteiger partial charge in [0.1, 0.15) is 0 Å². The number of fused-ring (bicyclic) bond motifs is 1. The van der Waals surface area contributed by atoms with Crippen LogP contribution in [0.15, 0.2) is 29.6 Å². The second-order valence-corrected chi connectivity index (χ2v) is 8.77. The molecule has 1 aromatic carbocycles. The molecule has 1 fully saturated rings. The van der Waals surface area contributed by atoms with Crippen LogP contribution < -0.4 is 0 Å². The van der Waals surface area contributed by atoms with E-state index in [1.165, 1.54) is 4.70 Å². The van der Waals surface area contributed by atoms with E-state index in [1.807, 2.05) is 30.0 Å². The normalized spacial score (nSPS) is 15.7. The van der Waals surface area contributed by atoms with E-state index in [2.05, 4.69) is 26.3 Å². The van der Waals surface area contributed by atoms with E-state index in [0.29, 0.717) is 6.42 Å². The van der Waals surface area contributed by atoms with Crippen LogP contribution in [0.4, 0.5) is 0 Å². The molecule has 0 atom stereocenters. The lowest BCUT2D eigenvalue weighted by Gasteiger charge is -2.34. The van der Waals surface area contributed by atoms with Crippen molar-refractivity contribution in [1.29, 1.82) is 0 Å². The topological polar surface area (TPSA) is 49.3 Å². The summed E-state index contributed by atoms with van der Waals surface area (Å²) in [4.78, 5) is 26.1. The molecule has 136 valence electrons. The molecule has 26 heavy (non-hydrogen) atoms. The molecule has 3 aromatic rings. The SMILES string of the molecule is Cc1nc(CN2CCN(C(=O)CCc3nc4ccccc4s3)CC2)cs1. The van der Waals surface area contributed by atoms with E-state index in [-0.39, 0.29) is 5.91 Å². The highest BCUT2D eigenvalue weighted by molar-refractivity contribution is 7.18. The number of hydrogen-bond acceptors (Lipinski definition) is 6. The van der Waals surface area contributed by atoms with Gasteiger partial charge in [-0.15, -0.1) is 22.7 Å². The van der Waals surface area contributed by atoms with Gasteiger partial charge >= 0.3 is 0 Å². The number of aryl methyl sites for hydroxylation is 2. The van der Waals surface area contributed by atoms with Gasteiger partial charge in [0.15, 0.2) is 0 Å². The van der Waals surface area contributed by atoms with Crippen molar-refractivity contribution in [2.24, 2.45) is 0 Å². The Hall–Kier alpha value is -1.83. The first-order valence-corrected chi connectivity index (χ1v) is 10.6. The highest BCUT2D eigenvalue weighted by Crippen LogP contribution is 2.22. The van der Waals surface area contributed by atoms with Crippen LogP contribution in [0.5, 0.6) is 0 Å². The second kappa shape index (κ2) is 7.82. The van der Waals surface area contributed by atoms with Crippen molar-refractivity contribution in [2.75, 3.05) is 26.2 Å². The highest BCUT2D eigenvalue weighted by atomic mass is 32.1. The zero-order valence-corrected chi connectivity index (χ0v) is 16.5. The highest BCUT2D eigenvalue weighted by Gasteiger charge is 2.21. The smallest absolute Gasteiger partial charge is 0.223 e. The predicted molar refractivity (Wildman–Crippen MR) is 107 cm³/mol. The van der Waals surface area contributed by atoms with Gasteiger partial charge in [0.05, 0.1) is 25.9 Å². The molecule has 0 unspecified atom stereocenters. The minimum atomic E-state index is 0.244. The fourth-order valence-corrected chi connectivity index (χ4v) is 4.83. The number of benzene rings is 1. The molecule has 1 amide bonds. The standard InChI is InChI=1S/C19H22N4OS2/c1-14-20-15(13-25-14)12-22-8-10-23(11-9-22)19(24)7-6-18-21-16-4-2-3-5-17(16)26-18/h2-5,13H,6-12H2,1H3. The van der Waals surface area contributed by atoms with Crippen LogP contribution >= 0.6 is 22.7 Å². The monoisotopic (exact) mass is 386 g/mol. The number of rotatable bonds is 5. The van der Waals surface area contributed by atoms with Gasteiger partial charge in [-0.1, -0.05) is 12.1 Å². The number of carbonyl (C=O) groups is 1. The molecule has 1 saturated heterocycles. The van der Waals surface area contributed by atoms with E-state index in [9.17, 15) is 4.79 Å². The molecule has 3 heterocycles. The van der Waals surface area contributed by atoms with Crippen LogP contribution in [0.2, 0.25) is 0 Å². The fourth-order valence-electron chi connectivity index (χ4n) is 3.26. The molecule has 0 radical (unpaired) electrons. The van der Waals surface area contributed by atoms with E-state index in [4.69, 9.17) is 0 Å². The number of carbonyl (C=O) groups excluding carboxylic acids is 1. The molecular weight excluding hydrogens is 364 g/mol. The van der Waals surface area contributed by atoms with Crippen LogP contribution in [0.3, 0.4) is 0 Å². The molecule has 1 aliphatic rings. The first-order valence-electron chi connectivity index (χ1n) is 8.93. The Morgan fingerprint density at radius 3 is 2.69 bits per heavy atom. The largest absolute Gasteiger partial charge is 0.340 e. The van der Waals surface area contributed by atoms with E-state index < -0.39 is 0 Å². The van der Waals surface area contributed by atoms with Gasteiger partial charge in [-0.25, -0.2) is 9.97 Å². The minimum absolute atomic E-state index is 0.244. The fraction of sp³-hybridized carbons (Fsp3) is 0.421. The number of para-hydroxylation sites is 1. The number of piperazine rings is 1. The summed E-state index contributed by atoms with van der Waals surface area (Å²) in [5.74, 6) is 0.244. The van der Waals surface area contributed by atoms with Crippen molar-refractivity contribution in [1.82, 2.24) is 19.8 Å². The van der Waals surface area contributed by atoms with Crippen molar-refractivity contribution in [3.8, 4) is 0 Å². The van der Waals surface area contributed by atoms with E-state index >= 15 is 0 Å². The summed E-state index contributed by atoms with van der Waals surface area (Å²) in [6, 6.07) is 8.15. The van der Waals surface area contributed by atoms with Gasteiger partial charge < -0.3 is 4.90 Å². The van der Waals surface area contributed by atoms with Gasteiger partial charge in [-0.3, -0.25) is 9.69 Å². The molecule has 2 aromatic heterocycles. The zero-order valence-electron chi connectivity index (χ0n) is 14.9. The molecule has 0 spiro atoms. The molecule has 5 nitrogen and oxygen atoms in total. The molecule has 0 saturated carbocycles. The van der Waals surface area contributed by atoms with Crippen molar-refractivity contribution < 1.29 is 4.79 Å². The minimum Gasteiger partial charge on any atom is -0.340 e. The molecule has 0 bridgehead atoms. The van der Waals surface area contributed by atoms with Crippen LogP contribution in [0.1, 0.15) is 22.1 Å². The molecule has 0 N–H and O–H groups in total. The average Bonchev–Trinajstić information content (AvgIpc) is 3.25. The number of aromatic nitrogens is 2. The number of nitrogens with zero attached hydrogens (tertiary/aromatic N) is 4. The summed E-state index contributed by atoms with van der Waals surface area (Å²) < 4.78 is 1.20. The number of thiazole rings is 2. The van der Waals surface area contributed by atoms with Gasteiger partial charge in [0.25, 0.3) is 0 Å². The first-order chi connectivity index (χ1) is 12.7. The summed E-state index contributed by atoms with van der Waals surface area (Å²) in [6.45, 7) is 6.38. The van der Waals surface area contributed by atoms with Gasteiger partial charge in [0, 0.05) is 50.9 Å². The van der Waals surface area contributed by atoms with Crippen LogP contribution in [0.25, 0.3) is 10.2 Å². The third-order valence-electron chi connectivity index (χ3n) is 4.67. The Balaban J connectivity index is 1.25. The maximum atomic E-state index is 12.5. The second-order valence-electron chi connectivity index (χ2n) is 6.59. The Kier molecular flexibility index (Phi) is 5.28. The van der Waals surface area contributed by atoms with Gasteiger partial charge in [-0.05, 0) is 19.1 Å². The Morgan fingerprint density at radius 1 is 1.15 bits per heavy atom. The average molecular weight is 387 g/mol. The van der Waals surface area contributed by atoms with Crippen LogP contribution in [0, 0.1) is 6.92 Å². The van der Waals surface area contributed by atoms with Crippen molar-refractivity contribution in [3.63, 3.8) is 0 Å². The molecule has 1 aliphatic heterocycles. The third kappa shape index (κ3) is 4.11. The van der Waals surface area contributed by atoms with E-state index in [1.54, 1.807) is 22.7 Å². The summed E-state index contributed by atoms with van der Waals surface area (Å²) in [6.07, 6.45) is 1.28. The van der Waals surface area contributed by atoms with Crippen molar-refractivity contribution in [2.45, 2.75) is 26.3 Å². The predicted octanol–water partition coefficient (Wildman–Crippen LogP) is 3.34. The van der Waals surface area contributed by atoms with Crippen LogP contribution in [-0.4, -0.2) is 51.9 Å². The molecule has 0 aliphatic carbocycles. The summed E-state index contributed by atoms with van der Waals surface area (Å²) in [5, 5.41) is 4.30. The lowest BCUT2D eigenvalue weighted by molar-refractivity contribution is -0.133. The Morgan fingerprint density at radius 2 is 1.96 bits per heavy atom. The Bertz CT molecular complexity index is 863. The van der Waals surface area contributed by atoms with Gasteiger partial charge in [-0.2, -0.15) is 0 Å². The van der Waals surface area contributed by atoms with Crippen molar-refractivity contribution >= 4 is 38.8 Å². The molecule has 7 heteroatoms. The Labute approximate surface area is 161 Å². The quantitative estimate of drug-likeness (QED) is 0.675. The summed E-state index contributed by atoms with van der Waals surface area (Å²) >= 11 is 3.39. The molecular formula is C19H22N4OS2. The third-order valence-corrected chi connectivity index (χ3v) is 6.59. The summed E-state index contributed by atoms with van der Waals surface area (Å²) in [5.41, 5.74) is 2.17. The summed E-state index contributed by atoms with van der Waals surface area (Å²) in [7, 11) is 0. The number of hydrogen-bond donors (Lipinski definition) is 0. The first kappa shape index (κ1) is 17.6. The maximum Gasteiger partial charge on any atom is 0.223 e. The van der Waals surface area contributed by atoms with E-state index in [0.717, 1.165) is 60.4 Å². The van der Waals surface area contributed by atoms with Crippen molar-refractivity contribution in [3.05, 3.63) is 45.4 Å². The lowest BCUT2D eigenvalue weighted by Crippen LogP contribution is -2.48. The van der Waals surface area contributed by atoms with Crippen LogP contribution in [-0.2, 0) is 17.8 Å².